The Kier molecular flexibility index (Phi) is 5.79. The van der Waals surface area contributed by atoms with Gasteiger partial charge in [-0.2, -0.15) is 4.31 Å². The van der Waals surface area contributed by atoms with Crippen molar-refractivity contribution in [2.75, 3.05) is 31.9 Å². The number of para-hydroxylation sites is 1. The summed E-state index contributed by atoms with van der Waals surface area (Å²) < 4.78 is 26.2. The number of pyridine rings is 1. The summed E-state index contributed by atoms with van der Waals surface area (Å²) >= 11 is 0. The highest BCUT2D eigenvalue weighted by molar-refractivity contribution is 7.89. The predicted molar refractivity (Wildman–Crippen MR) is 105 cm³/mol. The highest BCUT2D eigenvalue weighted by Gasteiger charge is 2.26. The molecule has 1 N–H and O–H groups in total. The molecule has 1 aromatic carbocycles. The molecule has 1 aliphatic rings. The molecule has 3 rings (SSSR count). The van der Waals surface area contributed by atoms with E-state index in [9.17, 15) is 13.2 Å². The zero-order chi connectivity index (χ0) is 18.7. The zero-order valence-electron chi connectivity index (χ0n) is 15.5. The van der Waals surface area contributed by atoms with E-state index in [4.69, 9.17) is 0 Å². The Bertz CT molecular complexity index is 929. The van der Waals surface area contributed by atoms with Crippen LogP contribution in [0.2, 0.25) is 0 Å². The Hall–Kier alpha value is -1.70. The van der Waals surface area contributed by atoms with Gasteiger partial charge in [0, 0.05) is 38.3 Å². The van der Waals surface area contributed by atoms with E-state index < -0.39 is 10.0 Å². The van der Waals surface area contributed by atoms with Gasteiger partial charge in [-0.25, -0.2) is 8.42 Å². The first kappa shape index (κ1) is 19.1. The molecular formula is C19H27N3O3S. The third kappa shape index (κ3) is 4.16. The third-order valence-corrected chi connectivity index (χ3v) is 7.00. The number of rotatable bonds is 6. The number of aromatic nitrogens is 1. The fraction of sp³-hybridized carbons (Fsp3) is 0.526. The Balaban J connectivity index is 1.67. The molecule has 0 spiro atoms. The van der Waals surface area contributed by atoms with E-state index in [-0.39, 0.29) is 11.3 Å². The van der Waals surface area contributed by atoms with Gasteiger partial charge < -0.3 is 4.98 Å². The van der Waals surface area contributed by atoms with E-state index in [1.54, 1.807) is 4.31 Å². The molecule has 0 bridgehead atoms. The number of H-pyrrole nitrogens is 1. The molecular weight excluding hydrogens is 350 g/mol. The van der Waals surface area contributed by atoms with Crippen molar-refractivity contribution >= 4 is 20.9 Å². The lowest BCUT2D eigenvalue weighted by Crippen LogP contribution is -2.49. The lowest BCUT2D eigenvalue weighted by atomic mass is 10.1. The van der Waals surface area contributed by atoms with Gasteiger partial charge in [0.2, 0.25) is 10.0 Å². The van der Waals surface area contributed by atoms with Gasteiger partial charge >= 0.3 is 0 Å². The van der Waals surface area contributed by atoms with Gasteiger partial charge in [0.1, 0.15) is 0 Å². The third-order valence-electron chi connectivity index (χ3n) is 5.04. The van der Waals surface area contributed by atoms with Gasteiger partial charge in [-0.05, 0) is 30.4 Å². The van der Waals surface area contributed by atoms with Crippen LogP contribution < -0.4 is 5.56 Å². The lowest BCUT2D eigenvalue weighted by Gasteiger charge is -2.33. The number of sulfonamides is 1. The number of piperazine rings is 1. The highest BCUT2D eigenvalue weighted by Crippen LogP contribution is 2.17. The molecule has 0 radical (unpaired) electrons. The second-order valence-corrected chi connectivity index (χ2v) is 9.10. The maximum atomic E-state index is 12.4. The van der Waals surface area contributed by atoms with Crippen molar-refractivity contribution in [3.63, 3.8) is 0 Å². The van der Waals surface area contributed by atoms with Crippen molar-refractivity contribution in [1.82, 2.24) is 14.2 Å². The smallest absolute Gasteiger partial charge is 0.252 e. The SMILES string of the molecule is CCCCS(=O)(=O)N1CCN(Cc2cc3cccc(C)c3[nH]c2=O)CC1. The van der Waals surface area contributed by atoms with Crippen LogP contribution in [0.3, 0.4) is 0 Å². The van der Waals surface area contributed by atoms with E-state index >= 15 is 0 Å². The first-order chi connectivity index (χ1) is 12.4. The number of hydrogen-bond donors (Lipinski definition) is 1. The van der Waals surface area contributed by atoms with Crippen molar-refractivity contribution in [3.05, 3.63) is 45.7 Å². The minimum absolute atomic E-state index is 0.0650. The van der Waals surface area contributed by atoms with Crippen molar-refractivity contribution in [2.24, 2.45) is 0 Å². The summed E-state index contributed by atoms with van der Waals surface area (Å²) in [7, 11) is -3.14. The molecule has 2 aromatic rings. The van der Waals surface area contributed by atoms with Crippen LogP contribution in [0.25, 0.3) is 10.9 Å². The molecule has 2 heterocycles. The minimum atomic E-state index is -3.14. The lowest BCUT2D eigenvalue weighted by molar-refractivity contribution is 0.181. The second-order valence-electron chi connectivity index (χ2n) is 7.01. The van der Waals surface area contributed by atoms with Gasteiger partial charge in [0.15, 0.2) is 0 Å². The molecule has 0 unspecified atom stereocenters. The molecule has 0 atom stereocenters. The average Bonchev–Trinajstić information content (AvgIpc) is 2.62. The number of hydrogen-bond acceptors (Lipinski definition) is 4. The van der Waals surface area contributed by atoms with Crippen molar-refractivity contribution in [1.29, 1.82) is 0 Å². The maximum absolute atomic E-state index is 12.4. The molecule has 7 heteroatoms. The van der Waals surface area contributed by atoms with Crippen LogP contribution >= 0.6 is 0 Å². The van der Waals surface area contributed by atoms with Crippen LogP contribution in [0, 0.1) is 6.92 Å². The molecule has 1 fully saturated rings. The van der Waals surface area contributed by atoms with Crippen molar-refractivity contribution in [3.8, 4) is 0 Å². The summed E-state index contributed by atoms with van der Waals surface area (Å²) in [6.45, 7) is 6.81. The maximum Gasteiger partial charge on any atom is 0.252 e. The standard InChI is InChI=1S/C19H27N3O3S/c1-3-4-12-26(24,25)22-10-8-21(9-11-22)14-17-13-16-7-5-6-15(2)18(16)20-19(17)23/h5-7,13H,3-4,8-12,14H2,1-2H3,(H,20,23). The minimum Gasteiger partial charge on any atom is -0.321 e. The van der Waals surface area contributed by atoms with Crippen molar-refractivity contribution < 1.29 is 8.42 Å². The largest absolute Gasteiger partial charge is 0.321 e. The van der Waals surface area contributed by atoms with Crippen molar-refractivity contribution in [2.45, 2.75) is 33.2 Å². The normalized spacial score (nSPS) is 17.0. The Labute approximate surface area is 154 Å². The summed E-state index contributed by atoms with van der Waals surface area (Å²) in [5, 5.41) is 1.03. The number of aryl methyl sites for hydroxylation is 1. The monoisotopic (exact) mass is 377 g/mol. The number of fused-ring (bicyclic) bond motifs is 1. The van der Waals surface area contributed by atoms with Crippen LogP contribution in [-0.2, 0) is 16.6 Å². The van der Waals surface area contributed by atoms with E-state index in [0.717, 1.165) is 28.5 Å². The molecule has 26 heavy (non-hydrogen) atoms. The molecule has 0 aliphatic carbocycles. The Morgan fingerprint density at radius 1 is 1.15 bits per heavy atom. The molecule has 0 amide bonds. The molecule has 142 valence electrons. The first-order valence-electron chi connectivity index (χ1n) is 9.22. The molecule has 6 nitrogen and oxygen atoms in total. The number of aromatic amines is 1. The summed E-state index contributed by atoms with van der Waals surface area (Å²) in [5.74, 6) is 0.229. The topological polar surface area (TPSA) is 73.5 Å². The summed E-state index contributed by atoms with van der Waals surface area (Å²) in [6.07, 6.45) is 1.58. The van der Waals surface area contributed by atoms with Gasteiger partial charge in [-0.3, -0.25) is 9.69 Å². The Morgan fingerprint density at radius 3 is 2.58 bits per heavy atom. The number of benzene rings is 1. The van der Waals surface area contributed by atoms with E-state index in [2.05, 4.69) is 9.88 Å². The summed E-state index contributed by atoms with van der Waals surface area (Å²) in [6, 6.07) is 7.92. The van der Waals surface area contributed by atoms with Crippen LogP contribution in [0.4, 0.5) is 0 Å². The van der Waals surface area contributed by atoms with Gasteiger partial charge in [-0.15, -0.1) is 0 Å². The molecule has 1 saturated heterocycles. The van der Waals surface area contributed by atoms with E-state index in [0.29, 0.717) is 39.1 Å². The fourth-order valence-corrected chi connectivity index (χ4v) is 5.04. The number of nitrogens with zero attached hydrogens (tertiary/aromatic N) is 2. The van der Waals surface area contributed by atoms with E-state index in [1.807, 2.05) is 38.1 Å². The van der Waals surface area contributed by atoms with Gasteiger partial charge in [0.25, 0.3) is 5.56 Å². The number of unbranched alkanes of at least 4 members (excludes halogenated alkanes) is 1. The van der Waals surface area contributed by atoms with Crippen LogP contribution in [0.15, 0.2) is 29.1 Å². The van der Waals surface area contributed by atoms with E-state index in [1.165, 1.54) is 0 Å². The zero-order valence-corrected chi connectivity index (χ0v) is 16.3. The number of nitrogens with one attached hydrogen (secondary N) is 1. The second kappa shape index (κ2) is 7.90. The summed E-state index contributed by atoms with van der Waals surface area (Å²) in [4.78, 5) is 17.5. The van der Waals surface area contributed by atoms with Crippen LogP contribution in [0.1, 0.15) is 30.9 Å². The predicted octanol–water partition coefficient (Wildman–Crippen LogP) is 2.08. The fourth-order valence-electron chi connectivity index (χ4n) is 3.41. The molecule has 1 aliphatic heterocycles. The van der Waals surface area contributed by atoms with Crippen LogP contribution in [0.5, 0.6) is 0 Å². The first-order valence-corrected chi connectivity index (χ1v) is 10.8. The highest BCUT2D eigenvalue weighted by atomic mass is 32.2. The average molecular weight is 378 g/mol. The van der Waals surface area contributed by atoms with Crippen LogP contribution in [-0.4, -0.2) is 54.5 Å². The van der Waals surface area contributed by atoms with Gasteiger partial charge in [0.05, 0.1) is 11.3 Å². The molecule has 1 aromatic heterocycles. The summed E-state index contributed by atoms with van der Waals surface area (Å²) in [5.41, 5.74) is 2.60. The molecule has 0 saturated carbocycles. The Morgan fingerprint density at radius 2 is 1.88 bits per heavy atom. The van der Waals surface area contributed by atoms with Gasteiger partial charge in [-0.1, -0.05) is 31.5 Å². The quantitative estimate of drug-likeness (QED) is 0.837.